The smallest absolute Gasteiger partial charge is 0.244 e. The zero-order valence-electron chi connectivity index (χ0n) is 12.2. The van der Waals surface area contributed by atoms with Crippen molar-refractivity contribution in [1.82, 2.24) is 15.2 Å². The standard InChI is InChI=1S/C15H21N5O/c1-21-11-10-17-15-19-14(12-18-20-15)16-9-5-8-13-6-3-2-4-7-13/h2-4,6-7,12H,5,8-11H2,1H3,(H2,16,17,19,20). The number of hydrogen-bond donors (Lipinski definition) is 2. The van der Waals surface area contributed by atoms with Crippen LogP contribution < -0.4 is 10.6 Å². The van der Waals surface area contributed by atoms with Crippen molar-refractivity contribution in [3.63, 3.8) is 0 Å². The Morgan fingerprint density at radius 1 is 1.10 bits per heavy atom. The van der Waals surface area contributed by atoms with Crippen LogP contribution in [0.1, 0.15) is 12.0 Å². The maximum absolute atomic E-state index is 4.96. The lowest BCUT2D eigenvalue weighted by Crippen LogP contribution is -2.12. The molecule has 0 aliphatic rings. The van der Waals surface area contributed by atoms with Crippen LogP contribution in [0.3, 0.4) is 0 Å². The van der Waals surface area contributed by atoms with Gasteiger partial charge >= 0.3 is 0 Å². The summed E-state index contributed by atoms with van der Waals surface area (Å²) in [7, 11) is 1.66. The number of aryl methyl sites for hydroxylation is 1. The molecular formula is C15H21N5O. The lowest BCUT2D eigenvalue weighted by atomic mass is 10.1. The molecule has 0 aliphatic heterocycles. The van der Waals surface area contributed by atoms with Gasteiger partial charge in [-0.25, -0.2) is 0 Å². The number of hydrogen-bond acceptors (Lipinski definition) is 6. The van der Waals surface area contributed by atoms with E-state index in [2.05, 4.69) is 50.1 Å². The van der Waals surface area contributed by atoms with Gasteiger partial charge in [-0.3, -0.25) is 0 Å². The molecule has 2 N–H and O–H groups in total. The molecule has 6 heteroatoms. The first-order valence-electron chi connectivity index (χ1n) is 7.09. The lowest BCUT2D eigenvalue weighted by Gasteiger charge is -2.07. The molecule has 0 atom stereocenters. The molecule has 1 aromatic heterocycles. The van der Waals surface area contributed by atoms with Crippen molar-refractivity contribution in [3.05, 3.63) is 42.1 Å². The Bertz CT molecular complexity index is 520. The molecule has 6 nitrogen and oxygen atoms in total. The van der Waals surface area contributed by atoms with Gasteiger partial charge in [-0.05, 0) is 18.4 Å². The molecule has 2 rings (SSSR count). The number of rotatable bonds is 9. The summed E-state index contributed by atoms with van der Waals surface area (Å²) in [5.41, 5.74) is 1.35. The first kappa shape index (κ1) is 15.2. The molecule has 1 aromatic carbocycles. The average Bonchev–Trinajstić information content (AvgIpc) is 2.53. The second kappa shape index (κ2) is 8.86. The highest BCUT2D eigenvalue weighted by Gasteiger charge is 1.99. The summed E-state index contributed by atoms with van der Waals surface area (Å²) in [6, 6.07) is 10.4. The molecule has 0 saturated heterocycles. The van der Waals surface area contributed by atoms with Gasteiger partial charge in [0.25, 0.3) is 0 Å². The van der Waals surface area contributed by atoms with Crippen molar-refractivity contribution in [2.24, 2.45) is 0 Å². The number of benzene rings is 1. The van der Waals surface area contributed by atoms with Gasteiger partial charge in [0.2, 0.25) is 5.95 Å². The molecule has 0 radical (unpaired) electrons. The maximum atomic E-state index is 4.96. The Morgan fingerprint density at radius 3 is 2.76 bits per heavy atom. The van der Waals surface area contributed by atoms with E-state index in [1.807, 2.05) is 6.07 Å². The summed E-state index contributed by atoms with van der Waals surface area (Å²) in [4.78, 5) is 4.34. The summed E-state index contributed by atoms with van der Waals surface area (Å²) in [6.07, 6.45) is 3.72. The van der Waals surface area contributed by atoms with Crippen LogP contribution in [0.2, 0.25) is 0 Å². The molecule has 0 spiro atoms. The number of anilines is 2. The summed E-state index contributed by atoms with van der Waals surface area (Å²) < 4.78 is 4.96. The second-order valence-electron chi connectivity index (χ2n) is 4.60. The van der Waals surface area contributed by atoms with E-state index in [4.69, 9.17) is 4.74 Å². The van der Waals surface area contributed by atoms with Gasteiger partial charge < -0.3 is 15.4 Å². The maximum Gasteiger partial charge on any atom is 0.244 e. The number of nitrogens with zero attached hydrogens (tertiary/aromatic N) is 3. The van der Waals surface area contributed by atoms with E-state index in [0.29, 0.717) is 19.1 Å². The Balaban J connectivity index is 1.71. The SMILES string of the molecule is COCCNc1nncc(NCCCc2ccccc2)n1. The normalized spacial score (nSPS) is 10.3. The summed E-state index contributed by atoms with van der Waals surface area (Å²) in [5, 5.41) is 14.2. The molecule has 0 saturated carbocycles. The minimum Gasteiger partial charge on any atom is -0.383 e. The fourth-order valence-corrected chi connectivity index (χ4v) is 1.88. The van der Waals surface area contributed by atoms with Gasteiger partial charge in [0.15, 0.2) is 0 Å². The first-order valence-corrected chi connectivity index (χ1v) is 7.09. The highest BCUT2D eigenvalue weighted by Crippen LogP contribution is 2.05. The number of nitrogens with one attached hydrogen (secondary N) is 2. The Morgan fingerprint density at radius 2 is 1.95 bits per heavy atom. The predicted molar refractivity (Wildman–Crippen MR) is 83.4 cm³/mol. The largest absolute Gasteiger partial charge is 0.383 e. The van der Waals surface area contributed by atoms with Gasteiger partial charge in [-0.2, -0.15) is 10.1 Å². The van der Waals surface area contributed by atoms with Crippen LogP contribution >= 0.6 is 0 Å². The van der Waals surface area contributed by atoms with E-state index < -0.39 is 0 Å². The zero-order chi connectivity index (χ0) is 14.8. The summed E-state index contributed by atoms with van der Waals surface area (Å²) in [6.45, 7) is 2.12. The van der Waals surface area contributed by atoms with E-state index in [1.54, 1.807) is 13.3 Å². The highest BCUT2D eigenvalue weighted by atomic mass is 16.5. The van der Waals surface area contributed by atoms with E-state index in [0.717, 1.165) is 25.2 Å². The number of ether oxygens (including phenoxy) is 1. The van der Waals surface area contributed by atoms with Crippen molar-refractivity contribution < 1.29 is 4.74 Å². The first-order chi connectivity index (χ1) is 10.4. The molecule has 0 amide bonds. The van der Waals surface area contributed by atoms with Gasteiger partial charge in [-0.1, -0.05) is 30.3 Å². The minimum atomic E-state index is 0.514. The molecule has 0 aliphatic carbocycles. The van der Waals surface area contributed by atoms with Crippen molar-refractivity contribution in [2.45, 2.75) is 12.8 Å². The minimum absolute atomic E-state index is 0.514. The molecule has 0 fully saturated rings. The molecule has 112 valence electrons. The Labute approximate surface area is 125 Å². The second-order valence-corrected chi connectivity index (χ2v) is 4.60. The van der Waals surface area contributed by atoms with Crippen LogP contribution in [-0.2, 0) is 11.2 Å². The van der Waals surface area contributed by atoms with Crippen molar-refractivity contribution >= 4 is 11.8 Å². The van der Waals surface area contributed by atoms with Crippen molar-refractivity contribution in [1.29, 1.82) is 0 Å². The molecule has 0 bridgehead atoms. The summed E-state index contributed by atoms with van der Waals surface area (Å²) in [5.74, 6) is 1.25. The van der Waals surface area contributed by atoms with Crippen LogP contribution in [-0.4, -0.2) is 42.0 Å². The van der Waals surface area contributed by atoms with E-state index >= 15 is 0 Å². The van der Waals surface area contributed by atoms with Crippen molar-refractivity contribution in [3.8, 4) is 0 Å². The molecule has 0 unspecified atom stereocenters. The monoisotopic (exact) mass is 287 g/mol. The predicted octanol–water partition coefficient (Wildman–Crippen LogP) is 1.97. The van der Waals surface area contributed by atoms with E-state index in [1.165, 1.54) is 5.56 Å². The van der Waals surface area contributed by atoms with E-state index in [9.17, 15) is 0 Å². The Hall–Kier alpha value is -2.21. The van der Waals surface area contributed by atoms with Gasteiger partial charge in [0.1, 0.15) is 5.82 Å². The third kappa shape index (κ3) is 5.74. The molecule has 21 heavy (non-hydrogen) atoms. The fourth-order valence-electron chi connectivity index (χ4n) is 1.88. The summed E-state index contributed by atoms with van der Waals surface area (Å²) >= 11 is 0. The third-order valence-electron chi connectivity index (χ3n) is 2.94. The van der Waals surface area contributed by atoms with Crippen LogP contribution in [0, 0.1) is 0 Å². The van der Waals surface area contributed by atoms with Crippen LogP contribution in [0.5, 0.6) is 0 Å². The quantitative estimate of drug-likeness (QED) is 0.687. The zero-order valence-corrected chi connectivity index (χ0v) is 12.2. The van der Waals surface area contributed by atoms with Gasteiger partial charge in [-0.15, -0.1) is 5.10 Å². The number of methoxy groups -OCH3 is 1. The topological polar surface area (TPSA) is 72.0 Å². The molecular weight excluding hydrogens is 266 g/mol. The fraction of sp³-hybridized carbons (Fsp3) is 0.400. The average molecular weight is 287 g/mol. The van der Waals surface area contributed by atoms with Crippen LogP contribution in [0.25, 0.3) is 0 Å². The highest BCUT2D eigenvalue weighted by molar-refractivity contribution is 5.36. The van der Waals surface area contributed by atoms with E-state index in [-0.39, 0.29) is 0 Å². The molecule has 1 heterocycles. The van der Waals surface area contributed by atoms with Crippen LogP contribution in [0.4, 0.5) is 11.8 Å². The third-order valence-corrected chi connectivity index (χ3v) is 2.94. The van der Waals surface area contributed by atoms with Gasteiger partial charge in [0, 0.05) is 20.2 Å². The van der Waals surface area contributed by atoms with Gasteiger partial charge in [0.05, 0.1) is 12.8 Å². The number of aromatic nitrogens is 3. The van der Waals surface area contributed by atoms with Crippen molar-refractivity contribution in [2.75, 3.05) is 37.4 Å². The Kier molecular flexibility index (Phi) is 6.41. The van der Waals surface area contributed by atoms with Crippen LogP contribution in [0.15, 0.2) is 36.5 Å². The molecule has 2 aromatic rings. The lowest BCUT2D eigenvalue weighted by molar-refractivity contribution is 0.210.